The number of hydrogen-bond donors (Lipinski definition) is 1. The summed E-state index contributed by atoms with van der Waals surface area (Å²) in [4.78, 5) is 10.9. The average Bonchev–Trinajstić information content (AvgIpc) is 2.27. The zero-order chi connectivity index (χ0) is 11.5. The van der Waals surface area contributed by atoms with Crippen molar-refractivity contribution in [3.63, 3.8) is 0 Å². The van der Waals surface area contributed by atoms with Crippen molar-refractivity contribution in [3.8, 4) is 11.5 Å². The Balaban J connectivity index is 2.19. The van der Waals surface area contributed by atoms with Crippen LogP contribution < -0.4 is 14.8 Å². The van der Waals surface area contributed by atoms with Crippen molar-refractivity contribution in [2.75, 3.05) is 13.2 Å². The number of carbonyl (C=O) groups excluding carboxylic acids is 1. The Morgan fingerprint density at radius 1 is 1.31 bits per heavy atom. The first-order chi connectivity index (χ1) is 7.66. The standard InChI is InChI=1S/C12H15NO3/c1-8(13-9(2)14)10-3-4-11-12(7-10)16-6-5-15-11/h3-4,7-8H,5-6H2,1-2H3,(H,13,14). The lowest BCUT2D eigenvalue weighted by molar-refractivity contribution is -0.119. The molecule has 1 amide bonds. The molecule has 0 saturated heterocycles. The van der Waals surface area contributed by atoms with Gasteiger partial charge in [-0.25, -0.2) is 0 Å². The zero-order valence-corrected chi connectivity index (χ0v) is 9.45. The highest BCUT2D eigenvalue weighted by Gasteiger charge is 2.14. The molecule has 1 heterocycles. The lowest BCUT2D eigenvalue weighted by Crippen LogP contribution is -2.24. The molecule has 1 N–H and O–H groups in total. The molecule has 4 nitrogen and oxygen atoms in total. The van der Waals surface area contributed by atoms with Gasteiger partial charge in [0.1, 0.15) is 13.2 Å². The second-order valence-corrected chi connectivity index (χ2v) is 3.83. The fraction of sp³-hybridized carbons (Fsp3) is 0.417. The first-order valence-corrected chi connectivity index (χ1v) is 5.33. The monoisotopic (exact) mass is 221 g/mol. The average molecular weight is 221 g/mol. The summed E-state index contributed by atoms with van der Waals surface area (Å²) >= 11 is 0. The topological polar surface area (TPSA) is 47.6 Å². The van der Waals surface area contributed by atoms with E-state index in [9.17, 15) is 4.79 Å². The number of benzene rings is 1. The van der Waals surface area contributed by atoms with Crippen LogP contribution in [-0.4, -0.2) is 19.1 Å². The van der Waals surface area contributed by atoms with Crippen molar-refractivity contribution in [1.82, 2.24) is 5.32 Å². The summed E-state index contributed by atoms with van der Waals surface area (Å²) in [6.45, 7) is 4.61. The van der Waals surface area contributed by atoms with Crippen LogP contribution in [0.3, 0.4) is 0 Å². The van der Waals surface area contributed by atoms with Gasteiger partial charge in [0.25, 0.3) is 0 Å². The summed E-state index contributed by atoms with van der Waals surface area (Å²) < 4.78 is 10.9. The number of hydrogen-bond acceptors (Lipinski definition) is 3. The van der Waals surface area contributed by atoms with Crippen molar-refractivity contribution in [2.24, 2.45) is 0 Å². The maximum atomic E-state index is 10.9. The molecule has 0 radical (unpaired) electrons. The van der Waals surface area contributed by atoms with Crippen molar-refractivity contribution in [3.05, 3.63) is 23.8 Å². The molecule has 0 aliphatic carbocycles. The molecule has 0 bridgehead atoms. The van der Waals surface area contributed by atoms with Crippen LogP contribution in [0.25, 0.3) is 0 Å². The number of amides is 1. The molecule has 0 aromatic heterocycles. The lowest BCUT2D eigenvalue weighted by Gasteiger charge is -2.20. The molecule has 0 fully saturated rings. The molecule has 4 heteroatoms. The van der Waals surface area contributed by atoms with Crippen LogP contribution >= 0.6 is 0 Å². The number of fused-ring (bicyclic) bond motifs is 1. The molecule has 1 aliphatic heterocycles. The molecule has 1 atom stereocenters. The van der Waals surface area contributed by atoms with Gasteiger partial charge in [0.05, 0.1) is 6.04 Å². The van der Waals surface area contributed by atoms with Crippen molar-refractivity contribution >= 4 is 5.91 Å². The van der Waals surface area contributed by atoms with Gasteiger partial charge in [0.2, 0.25) is 5.91 Å². The van der Waals surface area contributed by atoms with E-state index in [1.54, 1.807) is 0 Å². The van der Waals surface area contributed by atoms with Gasteiger partial charge in [-0.15, -0.1) is 0 Å². The molecular weight excluding hydrogens is 206 g/mol. The fourth-order valence-corrected chi connectivity index (χ4v) is 1.72. The first-order valence-electron chi connectivity index (χ1n) is 5.33. The summed E-state index contributed by atoms with van der Waals surface area (Å²) in [7, 11) is 0. The number of rotatable bonds is 2. The summed E-state index contributed by atoms with van der Waals surface area (Å²) in [5, 5.41) is 2.83. The molecule has 1 aliphatic rings. The number of carbonyl (C=O) groups is 1. The Morgan fingerprint density at radius 2 is 2.00 bits per heavy atom. The quantitative estimate of drug-likeness (QED) is 0.826. The van der Waals surface area contributed by atoms with Gasteiger partial charge in [-0.3, -0.25) is 4.79 Å². The second-order valence-electron chi connectivity index (χ2n) is 3.83. The molecule has 1 aromatic rings. The predicted octanol–water partition coefficient (Wildman–Crippen LogP) is 1.65. The fourth-order valence-electron chi connectivity index (χ4n) is 1.72. The summed E-state index contributed by atoms with van der Waals surface area (Å²) in [6.07, 6.45) is 0. The third-order valence-electron chi connectivity index (χ3n) is 2.49. The smallest absolute Gasteiger partial charge is 0.217 e. The van der Waals surface area contributed by atoms with Gasteiger partial charge >= 0.3 is 0 Å². The van der Waals surface area contributed by atoms with Gasteiger partial charge in [-0.2, -0.15) is 0 Å². The largest absolute Gasteiger partial charge is 0.486 e. The van der Waals surface area contributed by atoms with Crippen LogP contribution in [0.2, 0.25) is 0 Å². The molecular formula is C12H15NO3. The van der Waals surface area contributed by atoms with E-state index in [2.05, 4.69) is 5.32 Å². The summed E-state index contributed by atoms with van der Waals surface area (Å²) in [6, 6.07) is 5.71. The molecule has 16 heavy (non-hydrogen) atoms. The van der Waals surface area contributed by atoms with E-state index >= 15 is 0 Å². The maximum Gasteiger partial charge on any atom is 0.217 e. The van der Waals surface area contributed by atoms with Gasteiger partial charge in [-0.1, -0.05) is 6.07 Å². The lowest BCUT2D eigenvalue weighted by atomic mass is 10.1. The minimum atomic E-state index is -0.0395. The van der Waals surface area contributed by atoms with E-state index in [1.165, 1.54) is 6.92 Å². The Labute approximate surface area is 94.6 Å². The Bertz CT molecular complexity index is 403. The van der Waals surface area contributed by atoms with E-state index < -0.39 is 0 Å². The van der Waals surface area contributed by atoms with Crippen LogP contribution in [0.15, 0.2) is 18.2 Å². The molecule has 0 saturated carbocycles. The molecule has 1 unspecified atom stereocenters. The second kappa shape index (κ2) is 4.43. The summed E-state index contributed by atoms with van der Waals surface area (Å²) in [5.74, 6) is 1.48. The maximum absolute atomic E-state index is 10.9. The van der Waals surface area contributed by atoms with Crippen LogP contribution in [0.1, 0.15) is 25.5 Å². The molecule has 1 aromatic carbocycles. The SMILES string of the molecule is CC(=O)NC(C)c1ccc2c(c1)OCCO2. The summed E-state index contributed by atoms with van der Waals surface area (Å²) in [5.41, 5.74) is 1.01. The Kier molecular flexibility index (Phi) is 2.99. The minimum absolute atomic E-state index is 0.0201. The minimum Gasteiger partial charge on any atom is -0.486 e. The molecule has 86 valence electrons. The third-order valence-corrected chi connectivity index (χ3v) is 2.49. The van der Waals surface area contributed by atoms with Crippen LogP contribution in [0.5, 0.6) is 11.5 Å². The van der Waals surface area contributed by atoms with E-state index in [0.29, 0.717) is 13.2 Å². The highest BCUT2D eigenvalue weighted by molar-refractivity contribution is 5.73. The zero-order valence-electron chi connectivity index (χ0n) is 9.45. The predicted molar refractivity (Wildman–Crippen MR) is 59.7 cm³/mol. The van der Waals surface area contributed by atoms with Gasteiger partial charge in [0, 0.05) is 6.92 Å². The van der Waals surface area contributed by atoms with E-state index in [-0.39, 0.29) is 11.9 Å². The number of ether oxygens (including phenoxy) is 2. The van der Waals surface area contributed by atoms with Gasteiger partial charge in [0.15, 0.2) is 11.5 Å². The van der Waals surface area contributed by atoms with E-state index in [0.717, 1.165) is 17.1 Å². The Hall–Kier alpha value is -1.71. The van der Waals surface area contributed by atoms with Crippen molar-refractivity contribution < 1.29 is 14.3 Å². The highest BCUT2D eigenvalue weighted by atomic mass is 16.6. The first kappa shape index (κ1) is 10.8. The third kappa shape index (κ3) is 2.27. The molecule has 0 spiro atoms. The van der Waals surface area contributed by atoms with E-state index in [4.69, 9.17) is 9.47 Å². The van der Waals surface area contributed by atoms with Crippen LogP contribution in [0, 0.1) is 0 Å². The van der Waals surface area contributed by atoms with Gasteiger partial charge < -0.3 is 14.8 Å². The number of nitrogens with one attached hydrogen (secondary N) is 1. The van der Waals surface area contributed by atoms with Crippen LogP contribution in [0.4, 0.5) is 0 Å². The molecule has 2 rings (SSSR count). The van der Waals surface area contributed by atoms with E-state index in [1.807, 2.05) is 25.1 Å². The Morgan fingerprint density at radius 3 is 2.69 bits per heavy atom. The highest BCUT2D eigenvalue weighted by Crippen LogP contribution is 2.32. The normalized spacial score (nSPS) is 15.4. The van der Waals surface area contributed by atoms with Crippen LogP contribution in [-0.2, 0) is 4.79 Å². The van der Waals surface area contributed by atoms with Gasteiger partial charge in [-0.05, 0) is 24.6 Å². The van der Waals surface area contributed by atoms with Crippen molar-refractivity contribution in [1.29, 1.82) is 0 Å². The van der Waals surface area contributed by atoms with Crippen molar-refractivity contribution in [2.45, 2.75) is 19.9 Å².